The van der Waals surface area contributed by atoms with E-state index in [1.807, 2.05) is 18.2 Å². The summed E-state index contributed by atoms with van der Waals surface area (Å²) in [6.45, 7) is 0. The number of benzene rings is 9. The fraction of sp³-hybridized carbons (Fsp3) is 0. The first-order chi connectivity index (χ1) is 28.7. The number of fused-ring (bicyclic) bond motifs is 9. The molecule has 58 heavy (non-hydrogen) atoms. The second-order valence-corrected chi connectivity index (χ2v) is 14.9. The maximum atomic E-state index is 6.73. The molecule has 12 rings (SSSR count). The van der Waals surface area contributed by atoms with Gasteiger partial charge in [-0.05, 0) is 112 Å². The van der Waals surface area contributed by atoms with Crippen molar-refractivity contribution < 1.29 is 8.83 Å². The van der Waals surface area contributed by atoms with E-state index in [0.717, 1.165) is 83.4 Å². The lowest BCUT2D eigenvalue weighted by atomic mass is 9.98. The van der Waals surface area contributed by atoms with Crippen molar-refractivity contribution >= 4 is 82.7 Å². The fourth-order valence-electron chi connectivity index (χ4n) is 8.87. The molecule has 0 amide bonds. The Bertz CT molecular complexity index is 3490. The van der Waals surface area contributed by atoms with E-state index in [1.54, 1.807) is 0 Å². The molecule has 272 valence electrons. The molecule has 0 aliphatic heterocycles. The first-order valence-electron chi connectivity index (χ1n) is 19.7. The molecular weight excluding hydrogens is 709 g/mol. The molecule has 4 heteroatoms. The van der Waals surface area contributed by atoms with Gasteiger partial charge in [0.2, 0.25) is 5.71 Å². The van der Waals surface area contributed by atoms with Crippen molar-refractivity contribution in [2.45, 2.75) is 0 Å². The highest BCUT2D eigenvalue weighted by atomic mass is 16.3. The monoisotopic (exact) mass is 742 g/mol. The molecule has 0 bridgehead atoms. The molecule has 0 fully saturated rings. The normalized spacial score (nSPS) is 11.8. The Morgan fingerprint density at radius 1 is 0.362 bits per heavy atom. The molecule has 3 heterocycles. The van der Waals surface area contributed by atoms with Crippen molar-refractivity contribution in [1.82, 2.24) is 4.57 Å². The van der Waals surface area contributed by atoms with Crippen LogP contribution in [0.15, 0.2) is 215 Å². The summed E-state index contributed by atoms with van der Waals surface area (Å²) in [5.74, 6) is 0. The first-order valence-corrected chi connectivity index (χ1v) is 19.7. The first kappa shape index (κ1) is 32.4. The lowest BCUT2D eigenvalue weighted by Crippen LogP contribution is -2.09. The smallest absolute Gasteiger partial charge is 0.213 e. The highest BCUT2D eigenvalue weighted by Gasteiger charge is 2.20. The van der Waals surface area contributed by atoms with Crippen LogP contribution in [0.25, 0.3) is 93.6 Å². The largest absolute Gasteiger partial charge is 0.456 e. The van der Waals surface area contributed by atoms with Crippen LogP contribution >= 0.6 is 0 Å². The van der Waals surface area contributed by atoms with Gasteiger partial charge in [-0.25, -0.2) is 0 Å². The number of furan rings is 2. The summed E-state index contributed by atoms with van der Waals surface area (Å²) < 4.78 is 15.2. The van der Waals surface area contributed by atoms with Crippen LogP contribution in [0.2, 0.25) is 0 Å². The van der Waals surface area contributed by atoms with Crippen molar-refractivity contribution in [3.63, 3.8) is 0 Å². The van der Waals surface area contributed by atoms with Crippen LogP contribution in [-0.4, -0.2) is 4.57 Å². The zero-order chi connectivity index (χ0) is 38.2. The quantitative estimate of drug-likeness (QED) is 0.170. The van der Waals surface area contributed by atoms with E-state index in [0.29, 0.717) is 0 Å². The average molecular weight is 743 g/mol. The maximum absolute atomic E-state index is 6.73. The molecule has 9 aromatic carbocycles. The van der Waals surface area contributed by atoms with Gasteiger partial charge >= 0.3 is 0 Å². The molecule has 0 saturated carbocycles. The molecule has 0 N–H and O–H groups in total. The Balaban J connectivity index is 0.958. The predicted octanol–water partition coefficient (Wildman–Crippen LogP) is 15.4. The summed E-state index contributed by atoms with van der Waals surface area (Å²) in [5, 5.41) is 8.12. The van der Waals surface area contributed by atoms with Gasteiger partial charge in [-0.3, -0.25) is 4.57 Å². The van der Waals surface area contributed by atoms with E-state index < -0.39 is 0 Å². The summed E-state index contributed by atoms with van der Waals surface area (Å²) in [7, 11) is 0. The fourth-order valence-corrected chi connectivity index (χ4v) is 8.87. The zero-order valence-corrected chi connectivity index (χ0v) is 31.3. The van der Waals surface area contributed by atoms with E-state index in [4.69, 9.17) is 8.83 Å². The Labute approximate surface area is 334 Å². The number of aromatic nitrogens is 1. The highest BCUT2D eigenvalue weighted by molar-refractivity contribution is 6.20. The molecule has 0 unspecified atom stereocenters. The van der Waals surface area contributed by atoms with Crippen molar-refractivity contribution in [3.8, 4) is 27.9 Å². The minimum absolute atomic E-state index is 0.861. The number of para-hydroxylation sites is 3. The van der Waals surface area contributed by atoms with Gasteiger partial charge in [0.05, 0.1) is 10.9 Å². The average Bonchev–Trinajstić information content (AvgIpc) is 3.95. The molecule has 0 radical (unpaired) electrons. The Hall–Kier alpha value is -7.82. The predicted molar refractivity (Wildman–Crippen MR) is 241 cm³/mol. The van der Waals surface area contributed by atoms with Crippen LogP contribution in [0.5, 0.6) is 0 Å². The van der Waals surface area contributed by atoms with Gasteiger partial charge in [0, 0.05) is 44.3 Å². The van der Waals surface area contributed by atoms with E-state index in [-0.39, 0.29) is 0 Å². The van der Waals surface area contributed by atoms with Crippen LogP contribution in [0, 0.1) is 0 Å². The summed E-state index contributed by atoms with van der Waals surface area (Å²) >= 11 is 0. The minimum atomic E-state index is 0.861. The summed E-state index contributed by atoms with van der Waals surface area (Å²) in [6, 6.07) is 73.2. The highest BCUT2D eigenvalue weighted by Crippen LogP contribution is 2.43. The summed E-state index contributed by atoms with van der Waals surface area (Å²) in [4.78, 5) is 2.33. The second kappa shape index (κ2) is 12.9. The maximum Gasteiger partial charge on any atom is 0.213 e. The summed E-state index contributed by atoms with van der Waals surface area (Å²) in [6.07, 6.45) is 0. The number of nitrogens with zero attached hydrogens (tertiary/aromatic N) is 2. The second-order valence-electron chi connectivity index (χ2n) is 14.9. The standard InChI is InChI=1S/C54H34N2O2/c1-2-13-39(14-3-1)56-49-19-8-6-17-46(49)53-47-31-25-38(33-52(47)58-54(53)56)35-21-26-40(27-22-35)55(42-30-32-51-48(34-42)45-16-7-9-20-50(45)57-51)41-28-23-37(24-29-41)44-18-10-12-36-11-4-5-15-43(36)44/h1-34H. The molecule has 4 nitrogen and oxygen atoms in total. The van der Waals surface area contributed by atoms with Gasteiger partial charge < -0.3 is 13.7 Å². The van der Waals surface area contributed by atoms with E-state index in [9.17, 15) is 0 Å². The van der Waals surface area contributed by atoms with Crippen molar-refractivity contribution in [1.29, 1.82) is 0 Å². The van der Waals surface area contributed by atoms with Crippen molar-refractivity contribution in [2.24, 2.45) is 0 Å². The van der Waals surface area contributed by atoms with Crippen LogP contribution in [0.3, 0.4) is 0 Å². The number of anilines is 3. The SMILES string of the molecule is c1ccc(-n2c3ccccc3c3c4ccc(-c5ccc(N(c6ccc(-c7cccc8ccccc78)cc6)c6ccc7oc8ccccc8c7c6)cc5)cc4oc32)cc1. The Kier molecular flexibility index (Phi) is 7.20. The number of hydrogen-bond donors (Lipinski definition) is 0. The minimum Gasteiger partial charge on any atom is -0.456 e. The van der Waals surface area contributed by atoms with Crippen molar-refractivity contribution in [2.75, 3.05) is 4.90 Å². The third-order valence-corrected chi connectivity index (χ3v) is 11.6. The van der Waals surface area contributed by atoms with Crippen LogP contribution in [-0.2, 0) is 0 Å². The van der Waals surface area contributed by atoms with Gasteiger partial charge in [-0.2, -0.15) is 0 Å². The third-order valence-electron chi connectivity index (χ3n) is 11.6. The number of hydrogen-bond acceptors (Lipinski definition) is 3. The van der Waals surface area contributed by atoms with Crippen LogP contribution in [0.1, 0.15) is 0 Å². The number of rotatable bonds is 6. The molecule has 12 aromatic rings. The zero-order valence-electron chi connectivity index (χ0n) is 31.3. The molecule has 0 aliphatic carbocycles. The topological polar surface area (TPSA) is 34.5 Å². The van der Waals surface area contributed by atoms with Gasteiger partial charge in [0.15, 0.2) is 0 Å². The molecular formula is C54H34N2O2. The Morgan fingerprint density at radius 2 is 1.00 bits per heavy atom. The van der Waals surface area contributed by atoms with Crippen LogP contribution in [0.4, 0.5) is 17.1 Å². The molecule has 0 saturated heterocycles. The molecule has 3 aromatic heterocycles. The van der Waals surface area contributed by atoms with E-state index >= 15 is 0 Å². The van der Waals surface area contributed by atoms with Gasteiger partial charge in [-0.15, -0.1) is 0 Å². The summed E-state index contributed by atoms with van der Waals surface area (Å²) in [5.41, 5.74) is 13.5. The lowest BCUT2D eigenvalue weighted by molar-refractivity contribution is 0.645. The lowest BCUT2D eigenvalue weighted by Gasteiger charge is -2.26. The van der Waals surface area contributed by atoms with Crippen molar-refractivity contribution in [3.05, 3.63) is 206 Å². The van der Waals surface area contributed by atoms with Gasteiger partial charge in [0.25, 0.3) is 0 Å². The Morgan fingerprint density at radius 3 is 1.83 bits per heavy atom. The van der Waals surface area contributed by atoms with Crippen LogP contribution < -0.4 is 4.90 Å². The van der Waals surface area contributed by atoms with E-state index in [2.05, 4.69) is 198 Å². The molecule has 0 atom stereocenters. The molecule has 0 spiro atoms. The third kappa shape index (κ3) is 5.09. The van der Waals surface area contributed by atoms with E-state index in [1.165, 1.54) is 27.3 Å². The van der Waals surface area contributed by atoms with Gasteiger partial charge in [-0.1, -0.05) is 127 Å². The van der Waals surface area contributed by atoms with Gasteiger partial charge in [0.1, 0.15) is 16.7 Å². The molecule has 0 aliphatic rings.